The quantitative estimate of drug-likeness (QED) is 0.311. The van der Waals surface area contributed by atoms with E-state index in [1.165, 1.54) is 7.11 Å². The van der Waals surface area contributed by atoms with Crippen LogP contribution < -0.4 is 21.3 Å². The number of amides is 3. The number of methoxy groups -OCH3 is 1. The molecule has 2 aliphatic rings. The van der Waals surface area contributed by atoms with Crippen molar-refractivity contribution in [3.05, 3.63) is 29.8 Å². The Labute approximate surface area is 263 Å². The van der Waals surface area contributed by atoms with Gasteiger partial charge in [0.05, 0.1) is 24.7 Å². The van der Waals surface area contributed by atoms with Crippen LogP contribution in [0.4, 0.5) is 10.5 Å². The molecule has 12 heteroatoms. The SMILES string of the molecule is COC(=O)NC1Cc2ccccc2N(C(=O)CC(C)(C)C[C@H](N)[C@@H](O)CNC(=O)C(C)(C)C2CCCCN2C)C1.Cl.Cl. The van der Waals surface area contributed by atoms with Gasteiger partial charge in [-0.2, -0.15) is 0 Å². The fraction of sp³-hybridized carbons (Fsp3) is 0.700. The number of carbonyl (C=O) groups is 3. The summed E-state index contributed by atoms with van der Waals surface area (Å²) in [4.78, 5) is 42.4. The van der Waals surface area contributed by atoms with Gasteiger partial charge in [-0.15, -0.1) is 24.8 Å². The number of hydrogen-bond donors (Lipinski definition) is 4. The predicted molar refractivity (Wildman–Crippen MR) is 170 cm³/mol. The molecule has 0 saturated carbocycles. The van der Waals surface area contributed by atoms with Gasteiger partial charge in [-0.25, -0.2) is 4.79 Å². The number of anilines is 1. The molecule has 42 heavy (non-hydrogen) atoms. The molecule has 0 aromatic heterocycles. The minimum atomic E-state index is -0.942. The van der Waals surface area contributed by atoms with Crippen LogP contribution >= 0.6 is 24.8 Å². The Balaban J connectivity index is 0.00000441. The Morgan fingerprint density at radius 3 is 2.45 bits per heavy atom. The smallest absolute Gasteiger partial charge is 0.407 e. The summed E-state index contributed by atoms with van der Waals surface area (Å²) < 4.78 is 4.75. The molecule has 3 rings (SSSR count). The van der Waals surface area contributed by atoms with E-state index in [0.29, 0.717) is 19.4 Å². The van der Waals surface area contributed by atoms with Gasteiger partial charge in [-0.3, -0.25) is 9.59 Å². The van der Waals surface area contributed by atoms with Crippen LogP contribution in [-0.4, -0.2) is 85.9 Å². The van der Waals surface area contributed by atoms with Gasteiger partial charge in [0.2, 0.25) is 11.8 Å². The lowest BCUT2D eigenvalue weighted by Crippen LogP contribution is -2.55. The first kappa shape index (κ1) is 37.9. The lowest BCUT2D eigenvalue weighted by molar-refractivity contribution is -0.134. The second kappa shape index (κ2) is 16.1. The van der Waals surface area contributed by atoms with Gasteiger partial charge >= 0.3 is 6.09 Å². The van der Waals surface area contributed by atoms with E-state index < -0.39 is 29.1 Å². The van der Waals surface area contributed by atoms with E-state index in [4.69, 9.17) is 10.5 Å². The summed E-state index contributed by atoms with van der Waals surface area (Å²) in [6.45, 7) is 9.21. The van der Waals surface area contributed by atoms with Gasteiger partial charge < -0.3 is 36.0 Å². The van der Waals surface area contributed by atoms with E-state index in [9.17, 15) is 19.5 Å². The number of benzene rings is 1. The number of aliphatic hydroxyl groups is 1. The van der Waals surface area contributed by atoms with Crippen molar-refractivity contribution in [1.82, 2.24) is 15.5 Å². The summed E-state index contributed by atoms with van der Waals surface area (Å²) >= 11 is 0. The number of nitrogens with one attached hydrogen (secondary N) is 2. The van der Waals surface area contributed by atoms with Crippen molar-refractivity contribution in [3.8, 4) is 0 Å². The molecule has 2 unspecified atom stereocenters. The molecule has 5 N–H and O–H groups in total. The van der Waals surface area contributed by atoms with E-state index in [1.807, 2.05) is 52.0 Å². The van der Waals surface area contributed by atoms with E-state index in [1.54, 1.807) is 4.90 Å². The molecule has 0 aliphatic carbocycles. The number of aliphatic hydroxyl groups excluding tert-OH is 1. The number of alkyl carbamates (subject to hydrolysis) is 1. The minimum absolute atomic E-state index is 0. The molecule has 10 nitrogen and oxygen atoms in total. The third-order valence-corrected chi connectivity index (χ3v) is 8.53. The van der Waals surface area contributed by atoms with Crippen LogP contribution in [0.3, 0.4) is 0 Å². The number of fused-ring (bicyclic) bond motifs is 1. The molecule has 1 saturated heterocycles. The lowest BCUT2D eigenvalue weighted by atomic mass is 9.78. The summed E-state index contributed by atoms with van der Waals surface area (Å²) in [6, 6.07) is 6.95. The Hall–Kier alpha value is -2.11. The molecule has 240 valence electrons. The minimum Gasteiger partial charge on any atom is -0.453 e. The Morgan fingerprint density at radius 1 is 1.14 bits per heavy atom. The molecule has 1 fully saturated rings. The molecular weight excluding hydrogens is 581 g/mol. The van der Waals surface area contributed by atoms with Crippen molar-refractivity contribution in [3.63, 3.8) is 0 Å². The Morgan fingerprint density at radius 2 is 1.81 bits per heavy atom. The molecule has 0 bridgehead atoms. The third kappa shape index (κ3) is 9.71. The zero-order valence-electron chi connectivity index (χ0n) is 25.9. The number of carbonyl (C=O) groups excluding carboxylic acids is 3. The van der Waals surface area contributed by atoms with Gasteiger partial charge in [0.1, 0.15) is 0 Å². The van der Waals surface area contributed by atoms with Crippen LogP contribution in [0.25, 0.3) is 0 Å². The number of piperidine rings is 1. The zero-order valence-corrected chi connectivity index (χ0v) is 27.5. The summed E-state index contributed by atoms with van der Waals surface area (Å²) in [5.74, 6) is -0.173. The Kier molecular flexibility index (Phi) is 14.5. The number of rotatable bonds is 10. The summed E-state index contributed by atoms with van der Waals surface area (Å²) in [7, 11) is 3.38. The van der Waals surface area contributed by atoms with Crippen molar-refractivity contribution in [2.24, 2.45) is 16.6 Å². The van der Waals surface area contributed by atoms with Crippen molar-refractivity contribution in [2.75, 3.05) is 38.7 Å². The molecule has 3 amide bonds. The fourth-order valence-corrected chi connectivity index (χ4v) is 6.22. The maximum atomic E-state index is 13.5. The third-order valence-electron chi connectivity index (χ3n) is 8.53. The van der Waals surface area contributed by atoms with Crippen LogP contribution in [0.5, 0.6) is 0 Å². The first-order valence-corrected chi connectivity index (χ1v) is 14.4. The molecule has 2 heterocycles. The maximum Gasteiger partial charge on any atom is 0.407 e. The monoisotopic (exact) mass is 631 g/mol. The van der Waals surface area contributed by atoms with Gasteiger partial charge in [0, 0.05) is 37.3 Å². The predicted octanol–water partition coefficient (Wildman–Crippen LogP) is 3.27. The highest BCUT2D eigenvalue weighted by atomic mass is 35.5. The van der Waals surface area contributed by atoms with Crippen LogP contribution in [0.1, 0.15) is 65.4 Å². The number of para-hydroxylation sites is 1. The van der Waals surface area contributed by atoms with E-state index in [0.717, 1.165) is 37.1 Å². The number of ether oxygens (including phenoxy) is 1. The maximum absolute atomic E-state index is 13.5. The van der Waals surface area contributed by atoms with Crippen LogP contribution in [0, 0.1) is 10.8 Å². The average molecular weight is 633 g/mol. The van der Waals surface area contributed by atoms with E-state index in [2.05, 4.69) is 22.6 Å². The van der Waals surface area contributed by atoms with Gasteiger partial charge in [-0.05, 0) is 70.2 Å². The van der Waals surface area contributed by atoms with Crippen LogP contribution in [0.15, 0.2) is 24.3 Å². The first-order valence-electron chi connectivity index (χ1n) is 14.4. The van der Waals surface area contributed by atoms with Crippen molar-refractivity contribution >= 4 is 48.4 Å². The molecule has 4 atom stereocenters. The molecule has 0 radical (unpaired) electrons. The molecule has 1 aromatic rings. The van der Waals surface area contributed by atoms with Gasteiger partial charge in [-0.1, -0.05) is 38.5 Å². The number of nitrogens with two attached hydrogens (primary N) is 1. The standard InChI is InChI=1S/C30H49N5O5.2ClH/c1-29(2,16-22(31)24(36)18-32-27(38)30(3,4)25-13-9-10-14-34(25)5)17-26(37)35-19-21(33-28(39)40-6)15-20-11-7-8-12-23(20)35;;/h7-8,11-12,21-22,24-25,36H,9-10,13-19,31H2,1-6H3,(H,32,38)(H,33,39);2*1H/t21?,22-,24-,25?;;/m0../s1. The highest BCUT2D eigenvalue weighted by Gasteiger charge is 2.40. The van der Waals surface area contributed by atoms with E-state index in [-0.39, 0.29) is 61.7 Å². The van der Waals surface area contributed by atoms with E-state index >= 15 is 0 Å². The van der Waals surface area contributed by atoms with Crippen LogP contribution in [0.2, 0.25) is 0 Å². The van der Waals surface area contributed by atoms with Crippen molar-refractivity contribution in [1.29, 1.82) is 0 Å². The van der Waals surface area contributed by atoms with Crippen molar-refractivity contribution < 1.29 is 24.2 Å². The Bertz CT molecular complexity index is 1060. The van der Waals surface area contributed by atoms with Crippen molar-refractivity contribution in [2.45, 2.75) is 90.4 Å². The molecular formula is C30H51Cl2N5O5. The number of nitrogens with zero attached hydrogens (tertiary/aromatic N) is 2. The van der Waals surface area contributed by atoms with Gasteiger partial charge in [0.15, 0.2) is 0 Å². The summed E-state index contributed by atoms with van der Waals surface area (Å²) in [5, 5.41) is 16.6. The normalized spacial score (nSPS) is 20.6. The largest absolute Gasteiger partial charge is 0.453 e. The highest BCUT2D eigenvalue weighted by molar-refractivity contribution is 5.95. The molecule has 0 spiro atoms. The fourth-order valence-electron chi connectivity index (χ4n) is 6.22. The topological polar surface area (TPSA) is 137 Å². The zero-order chi connectivity index (χ0) is 29.7. The molecule has 1 aromatic carbocycles. The number of likely N-dealkylation sites (tertiary alicyclic amines) is 1. The van der Waals surface area contributed by atoms with Gasteiger partial charge in [0.25, 0.3) is 0 Å². The number of hydrogen-bond acceptors (Lipinski definition) is 7. The second-order valence-corrected chi connectivity index (χ2v) is 12.9. The molecule has 2 aliphatic heterocycles. The van der Waals surface area contributed by atoms with Crippen LogP contribution in [-0.2, 0) is 20.7 Å². The summed E-state index contributed by atoms with van der Waals surface area (Å²) in [6.07, 6.45) is 2.96. The first-order chi connectivity index (χ1) is 18.7. The second-order valence-electron chi connectivity index (χ2n) is 12.9. The summed E-state index contributed by atoms with van der Waals surface area (Å²) in [5.41, 5.74) is 7.11. The average Bonchev–Trinajstić information content (AvgIpc) is 2.90. The number of halogens is 2. The lowest BCUT2D eigenvalue weighted by Gasteiger charge is -2.42. The highest BCUT2D eigenvalue weighted by Crippen LogP contribution is 2.34.